The van der Waals surface area contributed by atoms with Crippen LogP contribution in [0.2, 0.25) is 0 Å². The molecular weight excluding hydrogens is 263 g/mol. The van der Waals surface area contributed by atoms with Crippen molar-refractivity contribution >= 4 is 11.7 Å². The lowest BCUT2D eigenvalue weighted by Gasteiger charge is -2.11. The molecule has 0 aliphatic heterocycles. The number of aromatic carboxylic acids is 1. The number of halogens is 1. The molecule has 20 heavy (non-hydrogen) atoms. The molecule has 0 aromatic heterocycles. The highest BCUT2D eigenvalue weighted by atomic mass is 19.1. The largest absolute Gasteiger partial charge is 0.478 e. The van der Waals surface area contributed by atoms with Gasteiger partial charge in [-0.2, -0.15) is 5.26 Å². The Hall–Kier alpha value is -3.07. The predicted octanol–water partition coefficient (Wildman–Crippen LogP) is 2.77. The van der Waals surface area contributed by atoms with Gasteiger partial charge in [-0.1, -0.05) is 6.07 Å². The van der Waals surface area contributed by atoms with E-state index in [-0.39, 0.29) is 28.3 Å². The van der Waals surface area contributed by atoms with Crippen LogP contribution in [0, 0.1) is 17.1 Å². The summed E-state index contributed by atoms with van der Waals surface area (Å²) in [6.07, 6.45) is 0. The molecule has 2 rings (SSSR count). The van der Waals surface area contributed by atoms with Crippen molar-refractivity contribution in [2.45, 2.75) is 0 Å². The van der Waals surface area contributed by atoms with Gasteiger partial charge in [0.2, 0.25) is 0 Å². The number of hydrogen-bond acceptors (Lipinski definition) is 4. The first-order chi connectivity index (χ1) is 9.52. The van der Waals surface area contributed by atoms with Crippen LogP contribution in [0.25, 0.3) is 0 Å². The Morgan fingerprint density at radius 3 is 2.70 bits per heavy atom. The lowest BCUT2D eigenvalue weighted by Crippen LogP contribution is -2.03. The van der Waals surface area contributed by atoms with Gasteiger partial charge >= 0.3 is 5.97 Å². The van der Waals surface area contributed by atoms with Crippen molar-refractivity contribution in [3.05, 3.63) is 53.3 Å². The molecule has 0 unspecified atom stereocenters. The van der Waals surface area contributed by atoms with Crippen molar-refractivity contribution in [3.8, 4) is 17.6 Å². The number of benzene rings is 2. The summed E-state index contributed by atoms with van der Waals surface area (Å²) in [4.78, 5) is 11.1. The van der Waals surface area contributed by atoms with E-state index < -0.39 is 11.8 Å². The molecule has 3 N–H and O–H groups in total. The van der Waals surface area contributed by atoms with Crippen molar-refractivity contribution in [1.29, 1.82) is 5.26 Å². The molecule has 0 amide bonds. The van der Waals surface area contributed by atoms with Crippen LogP contribution in [-0.2, 0) is 0 Å². The average molecular weight is 272 g/mol. The van der Waals surface area contributed by atoms with Crippen molar-refractivity contribution < 1.29 is 19.0 Å². The Labute approximate surface area is 113 Å². The maximum Gasteiger partial charge on any atom is 0.339 e. The zero-order valence-electron chi connectivity index (χ0n) is 10.1. The van der Waals surface area contributed by atoms with Gasteiger partial charge in [0.15, 0.2) is 5.75 Å². The Bertz CT molecular complexity index is 723. The topological polar surface area (TPSA) is 96.3 Å². The van der Waals surface area contributed by atoms with Crippen LogP contribution in [0.1, 0.15) is 15.9 Å². The maximum absolute atomic E-state index is 13.5. The molecule has 0 saturated heterocycles. The summed E-state index contributed by atoms with van der Waals surface area (Å²) in [6, 6.07) is 9.55. The SMILES string of the molecule is N#Cc1ccc(Oc2c(N)cccc2C(=O)O)cc1F. The number of nitrogens with zero attached hydrogens (tertiary/aromatic N) is 1. The lowest BCUT2D eigenvalue weighted by molar-refractivity contribution is 0.0694. The third-order valence-corrected chi connectivity index (χ3v) is 2.56. The van der Waals surface area contributed by atoms with E-state index in [2.05, 4.69) is 0 Å². The highest BCUT2D eigenvalue weighted by molar-refractivity contribution is 5.93. The number of carboxylic acid groups (broad SMARTS) is 1. The van der Waals surface area contributed by atoms with Gasteiger partial charge in [0.1, 0.15) is 23.2 Å². The normalized spacial score (nSPS) is 9.80. The van der Waals surface area contributed by atoms with Gasteiger partial charge in [-0.05, 0) is 24.3 Å². The molecule has 0 aliphatic rings. The Morgan fingerprint density at radius 2 is 2.10 bits per heavy atom. The van der Waals surface area contributed by atoms with E-state index in [1.807, 2.05) is 0 Å². The van der Waals surface area contributed by atoms with E-state index in [0.29, 0.717) is 0 Å². The van der Waals surface area contributed by atoms with Gasteiger partial charge in [-0.15, -0.1) is 0 Å². The number of hydrogen-bond donors (Lipinski definition) is 2. The third kappa shape index (κ3) is 2.52. The summed E-state index contributed by atoms with van der Waals surface area (Å²) in [5.74, 6) is -1.97. The molecule has 0 atom stereocenters. The van der Waals surface area contributed by atoms with Crippen LogP contribution in [0.3, 0.4) is 0 Å². The van der Waals surface area contributed by atoms with E-state index in [1.54, 1.807) is 6.07 Å². The zero-order chi connectivity index (χ0) is 14.7. The van der Waals surface area contributed by atoms with Gasteiger partial charge in [-0.3, -0.25) is 0 Å². The van der Waals surface area contributed by atoms with Crippen molar-refractivity contribution in [1.82, 2.24) is 0 Å². The molecule has 0 bridgehead atoms. The van der Waals surface area contributed by atoms with E-state index in [1.165, 1.54) is 30.3 Å². The molecular formula is C14H9FN2O3. The highest BCUT2D eigenvalue weighted by Crippen LogP contribution is 2.32. The summed E-state index contributed by atoms with van der Waals surface area (Å²) < 4.78 is 18.8. The number of nitrogen functional groups attached to an aromatic ring is 1. The molecule has 0 saturated carbocycles. The lowest BCUT2D eigenvalue weighted by atomic mass is 10.1. The van der Waals surface area contributed by atoms with Crippen molar-refractivity contribution in [2.24, 2.45) is 0 Å². The van der Waals surface area contributed by atoms with Crippen LogP contribution in [0.15, 0.2) is 36.4 Å². The maximum atomic E-state index is 13.5. The second-order valence-electron chi connectivity index (χ2n) is 3.88. The smallest absolute Gasteiger partial charge is 0.339 e. The summed E-state index contributed by atoms with van der Waals surface area (Å²) in [5.41, 5.74) is 5.53. The van der Waals surface area contributed by atoms with Crippen LogP contribution in [0.5, 0.6) is 11.5 Å². The minimum atomic E-state index is -1.21. The second-order valence-corrected chi connectivity index (χ2v) is 3.88. The van der Waals surface area contributed by atoms with Crippen molar-refractivity contribution in [2.75, 3.05) is 5.73 Å². The number of carbonyl (C=O) groups is 1. The molecule has 100 valence electrons. The number of ether oxygens (including phenoxy) is 1. The van der Waals surface area contributed by atoms with Gasteiger partial charge in [0.25, 0.3) is 0 Å². The molecule has 5 nitrogen and oxygen atoms in total. The van der Waals surface area contributed by atoms with Crippen LogP contribution in [-0.4, -0.2) is 11.1 Å². The van der Waals surface area contributed by atoms with E-state index >= 15 is 0 Å². The Kier molecular flexibility index (Phi) is 3.53. The second kappa shape index (κ2) is 5.28. The monoisotopic (exact) mass is 272 g/mol. The zero-order valence-corrected chi connectivity index (χ0v) is 10.1. The fourth-order valence-corrected chi connectivity index (χ4v) is 1.61. The van der Waals surface area contributed by atoms with E-state index in [9.17, 15) is 9.18 Å². The minimum absolute atomic E-state index is 0.0573. The number of rotatable bonds is 3. The first-order valence-electron chi connectivity index (χ1n) is 5.52. The number of nitrogens with two attached hydrogens (primary N) is 1. The molecule has 0 radical (unpaired) electrons. The highest BCUT2D eigenvalue weighted by Gasteiger charge is 2.15. The van der Waals surface area contributed by atoms with Crippen LogP contribution >= 0.6 is 0 Å². The van der Waals surface area contributed by atoms with Gasteiger partial charge in [0, 0.05) is 6.07 Å². The van der Waals surface area contributed by atoms with E-state index in [0.717, 1.165) is 6.07 Å². The summed E-state index contributed by atoms with van der Waals surface area (Å²) in [7, 11) is 0. The fourth-order valence-electron chi connectivity index (χ4n) is 1.61. The number of anilines is 1. The number of nitriles is 1. The van der Waals surface area contributed by atoms with Crippen LogP contribution < -0.4 is 10.5 Å². The van der Waals surface area contributed by atoms with Gasteiger partial charge in [0.05, 0.1) is 11.3 Å². The van der Waals surface area contributed by atoms with Gasteiger partial charge < -0.3 is 15.6 Å². The molecule has 0 spiro atoms. The quantitative estimate of drug-likeness (QED) is 0.837. The fraction of sp³-hybridized carbons (Fsp3) is 0. The molecule has 0 heterocycles. The predicted molar refractivity (Wildman–Crippen MR) is 69.0 cm³/mol. The Morgan fingerprint density at radius 1 is 1.35 bits per heavy atom. The summed E-state index contributed by atoms with van der Waals surface area (Å²) >= 11 is 0. The standard InChI is InChI=1S/C14H9FN2O3/c15-11-6-9(5-4-8(11)7-16)20-13-10(14(18)19)2-1-3-12(13)17/h1-6H,17H2,(H,18,19). The first kappa shape index (κ1) is 13.4. The molecule has 6 heteroatoms. The Balaban J connectivity index is 2.43. The number of carboxylic acids is 1. The van der Waals surface area contributed by atoms with E-state index in [4.69, 9.17) is 20.8 Å². The molecule has 0 fully saturated rings. The minimum Gasteiger partial charge on any atom is -0.478 e. The summed E-state index contributed by atoms with van der Waals surface area (Å²) in [5, 5.41) is 17.7. The molecule has 2 aromatic carbocycles. The van der Waals surface area contributed by atoms with Gasteiger partial charge in [-0.25, -0.2) is 9.18 Å². The first-order valence-corrected chi connectivity index (χ1v) is 5.52. The third-order valence-electron chi connectivity index (χ3n) is 2.56. The molecule has 0 aliphatic carbocycles. The van der Waals surface area contributed by atoms with Crippen LogP contribution in [0.4, 0.5) is 10.1 Å². The average Bonchev–Trinajstić information content (AvgIpc) is 2.41. The summed E-state index contributed by atoms with van der Waals surface area (Å²) in [6.45, 7) is 0. The van der Waals surface area contributed by atoms with Crippen molar-refractivity contribution in [3.63, 3.8) is 0 Å². The number of para-hydroxylation sites is 1. The molecule has 2 aromatic rings.